The number of hydrogen-bond donors (Lipinski definition) is 1. The first-order valence-electron chi connectivity index (χ1n) is 8.38. The third-order valence-corrected chi connectivity index (χ3v) is 4.57. The molecule has 0 fully saturated rings. The summed E-state index contributed by atoms with van der Waals surface area (Å²) in [6.07, 6.45) is 1.22. The summed E-state index contributed by atoms with van der Waals surface area (Å²) in [5.74, 6) is 0.629. The van der Waals surface area contributed by atoms with Crippen LogP contribution in [0.25, 0.3) is 0 Å². The van der Waals surface area contributed by atoms with Gasteiger partial charge in [0, 0.05) is 29.9 Å². The molecular formula is C19H32N2. The lowest BCUT2D eigenvalue weighted by Crippen LogP contribution is -2.51. The van der Waals surface area contributed by atoms with Gasteiger partial charge >= 0.3 is 0 Å². The second kappa shape index (κ2) is 6.00. The lowest BCUT2D eigenvalue weighted by atomic mass is 9.79. The second-order valence-corrected chi connectivity index (χ2v) is 7.81. The van der Waals surface area contributed by atoms with Gasteiger partial charge in [0.2, 0.25) is 0 Å². The number of nitrogens with one attached hydrogen (secondary N) is 1. The van der Waals surface area contributed by atoms with E-state index in [4.69, 9.17) is 0 Å². The van der Waals surface area contributed by atoms with Crippen molar-refractivity contribution in [3.8, 4) is 0 Å². The third kappa shape index (κ3) is 3.42. The Hall–Kier alpha value is -1.02. The normalized spacial score (nSPS) is 21.0. The molecule has 0 aliphatic carbocycles. The zero-order valence-corrected chi connectivity index (χ0v) is 14.8. The molecule has 2 heteroatoms. The molecule has 0 saturated carbocycles. The molecule has 0 unspecified atom stereocenters. The molecule has 1 aliphatic rings. The van der Waals surface area contributed by atoms with Crippen LogP contribution >= 0.6 is 0 Å². The van der Waals surface area contributed by atoms with Gasteiger partial charge in [-0.2, -0.15) is 0 Å². The van der Waals surface area contributed by atoms with Gasteiger partial charge in [-0.15, -0.1) is 0 Å². The minimum atomic E-state index is 0.234. The van der Waals surface area contributed by atoms with Crippen molar-refractivity contribution >= 4 is 5.69 Å². The number of nitrogens with zero attached hydrogens (tertiary/aromatic N) is 1. The maximum absolute atomic E-state index is 3.52. The van der Waals surface area contributed by atoms with Crippen molar-refractivity contribution in [2.75, 3.05) is 4.90 Å². The molecule has 0 radical (unpaired) electrons. The van der Waals surface area contributed by atoms with Gasteiger partial charge in [-0.05, 0) is 57.2 Å². The quantitative estimate of drug-likeness (QED) is 0.865. The zero-order chi connectivity index (χ0) is 15.8. The molecule has 0 spiro atoms. The van der Waals surface area contributed by atoms with E-state index in [1.807, 2.05) is 0 Å². The van der Waals surface area contributed by atoms with Crippen molar-refractivity contribution in [2.45, 2.75) is 85.0 Å². The van der Waals surface area contributed by atoms with Crippen LogP contribution in [0.15, 0.2) is 18.2 Å². The molecule has 1 aromatic rings. The Balaban J connectivity index is 2.36. The fourth-order valence-corrected chi connectivity index (χ4v) is 3.91. The van der Waals surface area contributed by atoms with Gasteiger partial charge in [0.05, 0.1) is 0 Å². The summed E-state index contributed by atoms with van der Waals surface area (Å²) in [6.45, 7) is 17.1. The molecule has 2 rings (SSSR count). The second-order valence-electron chi connectivity index (χ2n) is 7.81. The van der Waals surface area contributed by atoms with Crippen LogP contribution in [0.2, 0.25) is 0 Å². The molecule has 21 heavy (non-hydrogen) atoms. The smallest absolute Gasteiger partial charge is 0.0408 e. The number of benzene rings is 1. The van der Waals surface area contributed by atoms with Gasteiger partial charge in [0.25, 0.3) is 0 Å². The van der Waals surface area contributed by atoms with E-state index < -0.39 is 0 Å². The van der Waals surface area contributed by atoms with Crippen molar-refractivity contribution in [1.82, 2.24) is 5.32 Å². The molecule has 1 aliphatic heterocycles. The summed E-state index contributed by atoms with van der Waals surface area (Å²) in [5.41, 5.74) is 4.59. The molecule has 0 bridgehead atoms. The predicted octanol–water partition coefficient (Wildman–Crippen LogP) is 4.69. The minimum absolute atomic E-state index is 0.234. The number of rotatable bonds is 4. The highest BCUT2D eigenvalue weighted by atomic mass is 15.2. The van der Waals surface area contributed by atoms with Gasteiger partial charge in [0.1, 0.15) is 0 Å². The van der Waals surface area contributed by atoms with Crippen LogP contribution in [-0.2, 0) is 6.54 Å². The first-order valence-corrected chi connectivity index (χ1v) is 8.38. The standard InChI is InChI=1S/C19H32N2/c1-13(2)20-12-16-8-9-18-17(10-16)15(5)11-19(6,7)21(18)14(3)4/h8-10,13-15,20H,11-12H2,1-7H3/t15-/m1/s1. The molecule has 0 saturated heterocycles. The van der Waals surface area contributed by atoms with Gasteiger partial charge in [0.15, 0.2) is 0 Å². The lowest BCUT2D eigenvalue weighted by molar-refractivity contribution is 0.356. The van der Waals surface area contributed by atoms with E-state index in [1.54, 1.807) is 0 Å². The van der Waals surface area contributed by atoms with Crippen LogP contribution in [0.5, 0.6) is 0 Å². The highest BCUT2D eigenvalue weighted by Crippen LogP contribution is 2.44. The Kier molecular flexibility index (Phi) is 4.67. The van der Waals surface area contributed by atoms with E-state index >= 15 is 0 Å². The SMILES string of the molecule is CC(C)NCc1ccc2c(c1)[C@H](C)CC(C)(C)N2C(C)C. The van der Waals surface area contributed by atoms with Crippen molar-refractivity contribution in [1.29, 1.82) is 0 Å². The molecule has 1 N–H and O–H groups in total. The molecule has 2 nitrogen and oxygen atoms in total. The van der Waals surface area contributed by atoms with E-state index in [0.717, 1.165) is 6.54 Å². The Bertz CT molecular complexity index is 488. The molecule has 0 amide bonds. The van der Waals surface area contributed by atoms with Crippen LogP contribution in [0, 0.1) is 0 Å². The summed E-state index contributed by atoms with van der Waals surface area (Å²) < 4.78 is 0. The van der Waals surface area contributed by atoms with E-state index in [0.29, 0.717) is 18.0 Å². The van der Waals surface area contributed by atoms with Gasteiger partial charge in [-0.3, -0.25) is 0 Å². The predicted molar refractivity (Wildman–Crippen MR) is 93.1 cm³/mol. The monoisotopic (exact) mass is 288 g/mol. The van der Waals surface area contributed by atoms with E-state index in [1.165, 1.54) is 23.2 Å². The van der Waals surface area contributed by atoms with Crippen molar-refractivity contribution < 1.29 is 0 Å². The first kappa shape index (κ1) is 16.4. The fourth-order valence-electron chi connectivity index (χ4n) is 3.91. The van der Waals surface area contributed by atoms with E-state index in [2.05, 4.69) is 76.9 Å². The Morgan fingerprint density at radius 3 is 2.48 bits per heavy atom. The summed E-state index contributed by atoms with van der Waals surface area (Å²) in [4.78, 5) is 2.60. The third-order valence-electron chi connectivity index (χ3n) is 4.57. The Labute approximate surface area is 130 Å². The first-order chi connectivity index (χ1) is 9.72. The fraction of sp³-hybridized carbons (Fsp3) is 0.684. The molecule has 1 heterocycles. The van der Waals surface area contributed by atoms with Crippen LogP contribution in [-0.4, -0.2) is 17.6 Å². The maximum Gasteiger partial charge on any atom is 0.0408 e. The van der Waals surface area contributed by atoms with Crippen LogP contribution < -0.4 is 10.2 Å². The molecule has 1 atom stereocenters. The number of anilines is 1. The Morgan fingerprint density at radius 1 is 1.24 bits per heavy atom. The lowest BCUT2D eigenvalue weighted by Gasteiger charge is -2.50. The summed E-state index contributed by atoms with van der Waals surface area (Å²) >= 11 is 0. The topological polar surface area (TPSA) is 15.3 Å². The highest BCUT2D eigenvalue weighted by molar-refractivity contribution is 5.61. The van der Waals surface area contributed by atoms with Crippen LogP contribution in [0.3, 0.4) is 0 Å². The van der Waals surface area contributed by atoms with Crippen molar-refractivity contribution in [2.24, 2.45) is 0 Å². The van der Waals surface area contributed by atoms with E-state index in [9.17, 15) is 0 Å². The number of hydrogen-bond acceptors (Lipinski definition) is 2. The minimum Gasteiger partial charge on any atom is -0.364 e. The maximum atomic E-state index is 3.52. The van der Waals surface area contributed by atoms with Gasteiger partial charge in [-0.25, -0.2) is 0 Å². The molecule has 1 aromatic carbocycles. The van der Waals surface area contributed by atoms with Crippen LogP contribution in [0.4, 0.5) is 5.69 Å². The average molecular weight is 288 g/mol. The average Bonchev–Trinajstić information content (AvgIpc) is 2.35. The zero-order valence-electron chi connectivity index (χ0n) is 14.8. The molecular weight excluding hydrogens is 256 g/mol. The van der Waals surface area contributed by atoms with E-state index in [-0.39, 0.29) is 5.54 Å². The summed E-state index contributed by atoms with van der Waals surface area (Å²) in [6, 6.07) is 8.11. The summed E-state index contributed by atoms with van der Waals surface area (Å²) in [5, 5.41) is 3.52. The highest BCUT2D eigenvalue weighted by Gasteiger charge is 2.37. The van der Waals surface area contributed by atoms with Crippen molar-refractivity contribution in [3.63, 3.8) is 0 Å². The number of fused-ring (bicyclic) bond motifs is 1. The Morgan fingerprint density at radius 2 is 1.90 bits per heavy atom. The largest absolute Gasteiger partial charge is 0.364 e. The van der Waals surface area contributed by atoms with Crippen LogP contribution in [0.1, 0.15) is 71.9 Å². The van der Waals surface area contributed by atoms with Gasteiger partial charge < -0.3 is 10.2 Å². The van der Waals surface area contributed by atoms with Gasteiger partial charge in [-0.1, -0.05) is 32.9 Å². The molecule has 118 valence electrons. The van der Waals surface area contributed by atoms with Crippen molar-refractivity contribution in [3.05, 3.63) is 29.3 Å². The summed E-state index contributed by atoms with van der Waals surface area (Å²) in [7, 11) is 0. The molecule has 0 aromatic heterocycles.